The van der Waals surface area contributed by atoms with Gasteiger partial charge < -0.3 is 28.8 Å². The summed E-state index contributed by atoms with van der Waals surface area (Å²) in [6, 6.07) is 13.0. The molecule has 2 aromatic rings. The predicted octanol–water partition coefficient (Wildman–Crippen LogP) is 3.22. The van der Waals surface area contributed by atoms with Gasteiger partial charge in [-0.15, -0.1) is 0 Å². The van der Waals surface area contributed by atoms with E-state index in [1.165, 1.54) is 0 Å². The van der Waals surface area contributed by atoms with E-state index in [0.717, 1.165) is 16.7 Å². The van der Waals surface area contributed by atoms with Gasteiger partial charge in [0.2, 0.25) is 5.54 Å². The molecule has 9 heteroatoms. The topological polar surface area (TPSA) is 113 Å². The first-order valence-corrected chi connectivity index (χ1v) is 13.0. The summed E-state index contributed by atoms with van der Waals surface area (Å²) in [4.78, 5) is 26.5. The number of esters is 2. The highest BCUT2D eigenvalue weighted by molar-refractivity contribution is 6.06. The van der Waals surface area contributed by atoms with E-state index in [4.69, 9.17) is 23.7 Å². The van der Waals surface area contributed by atoms with Gasteiger partial charge in [0.25, 0.3) is 0 Å². The molecule has 2 N–H and O–H groups in total. The van der Waals surface area contributed by atoms with Crippen LogP contribution in [-0.2, 0) is 36.8 Å². The number of hydrogen-bond donors (Lipinski definition) is 2. The summed E-state index contributed by atoms with van der Waals surface area (Å²) in [6.45, 7) is 5.94. The van der Waals surface area contributed by atoms with Crippen molar-refractivity contribution in [2.24, 2.45) is 11.8 Å². The zero-order valence-electron chi connectivity index (χ0n) is 22.8. The van der Waals surface area contributed by atoms with Crippen LogP contribution >= 0.6 is 0 Å². The molecule has 0 bridgehead atoms. The van der Waals surface area contributed by atoms with Gasteiger partial charge in [-0.25, -0.2) is 9.59 Å². The van der Waals surface area contributed by atoms with Crippen LogP contribution in [0.15, 0.2) is 42.5 Å². The molecule has 1 saturated heterocycles. The minimum Gasteiger partial charge on any atom is -0.493 e. The maximum Gasteiger partial charge on any atom is 0.338 e. The molecule has 208 valence electrons. The fourth-order valence-corrected chi connectivity index (χ4v) is 5.12. The molecule has 9 nitrogen and oxygen atoms in total. The number of methoxy groups -OCH3 is 2. The number of rotatable bonds is 13. The molecule has 0 spiro atoms. The van der Waals surface area contributed by atoms with Crippen LogP contribution in [0, 0.1) is 11.8 Å². The number of ether oxygens (including phenoxy) is 5. The van der Waals surface area contributed by atoms with Gasteiger partial charge in [-0.3, -0.25) is 5.32 Å². The summed E-state index contributed by atoms with van der Waals surface area (Å²) in [5, 5.41) is 13.7. The fraction of sp³-hybridized carbons (Fsp3) is 0.517. The van der Waals surface area contributed by atoms with Crippen LogP contribution < -0.4 is 14.8 Å². The predicted molar refractivity (Wildman–Crippen MR) is 141 cm³/mol. The Bertz CT molecular complexity index is 1060. The molecule has 38 heavy (non-hydrogen) atoms. The summed E-state index contributed by atoms with van der Waals surface area (Å²) >= 11 is 0. The van der Waals surface area contributed by atoms with Gasteiger partial charge in [-0.1, -0.05) is 37.3 Å². The molecule has 0 unspecified atom stereocenters. The van der Waals surface area contributed by atoms with Crippen molar-refractivity contribution in [2.75, 3.05) is 40.6 Å². The molecule has 3 atom stereocenters. The lowest BCUT2D eigenvalue weighted by Crippen LogP contribution is -2.60. The van der Waals surface area contributed by atoms with E-state index in [1.807, 2.05) is 42.5 Å². The first-order valence-electron chi connectivity index (χ1n) is 13.0. The zero-order valence-corrected chi connectivity index (χ0v) is 22.8. The Kier molecular flexibility index (Phi) is 10.5. The Hall–Kier alpha value is -3.14. The van der Waals surface area contributed by atoms with E-state index in [1.54, 1.807) is 35.0 Å². The third-order valence-corrected chi connectivity index (χ3v) is 7.15. The average molecular weight is 530 g/mol. The Morgan fingerprint density at radius 2 is 1.58 bits per heavy atom. The third kappa shape index (κ3) is 5.95. The van der Waals surface area contributed by atoms with Crippen molar-refractivity contribution in [3.8, 4) is 11.5 Å². The molecule has 0 saturated carbocycles. The van der Waals surface area contributed by atoms with Gasteiger partial charge in [0, 0.05) is 24.5 Å². The molecule has 0 aliphatic carbocycles. The molecule has 1 aliphatic rings. The molecule has 1 heterocycles. The molecular weight excluding hydrogens is 490 g/mol. The molecule has 0 aromatic heterocycles. The smallest absolute Gasteiger partial charge is 0.338 e. The lowest BCUT2D eigenvalue weighted by atomic mass is 9.78. The van der Waals surface area contributed by atoms with Gasteiger partial charge in [0.05, 0.1) is 40.6 Å². The van der Waals surface area contributed by atoms with Crippen LogP contribution in [-0.4, -0.2) is 63.2 Å². The van der Waals surface area contributed by atoms with E-state index in [-0.39, 0.29) is 19.8 Å². The number of aliphatic hydroxyl groups is 1. The highest BCUT2D eigenvalue weighted by Gasteiger charge is 2.62. The molecule has 0 radical (unpaired) electrons. The molecule has 3 rings (SSSR count). The molecular formula is C29H39NO8. The van der Waals surface area contributed by atoms with Crippen LogP contribution in [0.4, 0.5) is 0 Å². The van der Waals surface area contributed by atoms with Crippen LogP contribution in [0.1, 0.15) is 43.5 Å². The van der Waals surface area contributed by atoms with E-state index in [2.05, 4.69) is 5.32 Å². The number of benzene rings is 2. The van der Waals surface area contributed by atoms with Gasteiger partial charge >= 0.3 is 11.9 Å². The number of hydrogen-bond acceptors (Lipinski definition) is 9. The van der Waals surface area contributed by atoms with Crippen molar-refractivity contribution < 1.29 is 38.4 Å². The SMILES string of the molecule is CCOC(=O)C1(C(=O)OCC)N[C@H](c2cc(OC)c(OC)cc2CCOCc2ccccc2)[C@H](CO)[C@H]1C. The van der Waals surface area contributed by atoms with Crippen molar-refractivity contribution >= 4 is 11.9 Å². The standard InChI is InChI=1S/C29H39NO8/c1-6-37-27(32)29(28(33)38-7-2)19(3)23(17-31)26(30-29)22-16-25(35-5)24(34-4)15-21(22)13-14-36-18-20-11-9-8-10-12-20/h8-12,15-16,19,23,26,30-31H,6-7,13-14,17-18H2,1-5H3/t19-,23-,26-/m1/s1. The Balaban J connectivity index is 1.99. The van der Waals surface area contributed by atoms with Crippen molar-refractivity contribution in [1.82, 2.24) is 5.32 Å². The van der Waals surface area contributed by atoms with E-state index in [9.17, 15) is 14.7 Å². The van der Waals surface area contributed by atoms with E-state index >= 15 is 0 Å². The van der Waals surface area contributed by atoms with Gasteiger partial charge in [-0.2, -0.15) is 0 Å². The average Bonchev–Trinajstić information content (AvgIpc) is 3.24. The quantitative estimate of drug-likeness (QED) is 0.229. The molecule has 1 fully saturated rings. The highest BCUT2D eigenvalue weighted by atomic mass is 16.6. The molecule has 2 aromatic carbocycles. The minimum absolute atomic E-state index is 0.100. The second-order valence-corrected chi connectivity index (χ2v) is 9.20. The maximum absolute atomic E-state index is 13.3. The maximum atomic E-state index is 13.3. The van der Waals surface area contributed by atoms with Gasteiger partial charge in [0.15, 0.2) is 11.5 Å². The molecule has 0 amide bonds. The largest absolute Gasteiger partial charge is 0.493 e. The van der Waals surface area contributed by atoms with Crippen molar-refractivity contribution in [3.05, 3.63) is 59.2 Å². The lowest BCUT2D eigenvalue weighted by Gasteiger charge is -2.29. The number of nitrogens with one attached hydrogen (secondary N) is 1. The monoisotopic (exact) mass is 529 g/mol. The summed E-state index contributed by atoms with van der Waals surface area (Å²) in [5.74, 6) is -1.52. The van der Waals surface area contributed by atoms with Crippen LogP contribution in [0.2, 0.25) is 0 Å². The van der Waals surface area contributed by atoms with Crippen molar-refractivity contribution in [2.45, 2.75) is 45.4 Å². The minimum atomic E-state index is -1.77. The lowest BCUT2D eigenvalue weighted by molar-refractivity contribution is -0.168. The van der Waals surface area contributed by atoms with Crippen LogP contribution in [0.5, 0.6) is 11.5 Å². The Labute approximate surface area is 224 Å². The number of aliphatic hydroxyl groups excluding tert-OH is 1. The van der Waals surface area contributed by atoms with E-state index in [0.29, 0.717) is 31.1 Å². The molecule has 1 aliphatic heterocycles. The number of carbonyl (C=O) groups excluding carboxylic acids is 2. The number of carbonyl (C=O) groups is 2. The summed E-state index contributed by atoms with van der Waals surface area (Å²) in [6.07, 6.45) is 0.527. The van der Waals surface area contributed by atoms with Crippen molar-refractivity contribution in [3.63, 3.8) is 0 Å². The zero-order chi connectivity index (χ0) is 27.7. The highest BCUT2D eigenvalue weighted by Crippen LogP contribution is 2.46. The summed E-state index contributed by atoms with van der Waals surface area (Å²) in [7, 11) is 3.10. The summed E-state index contributed by atoms with van der Waals surface area (Å²) in [5.41, 5.74) is 0.952. The third-order valence-electron chi connectivity index (χ3n) is 7.15. The first-order chi connectivity index (χ1) is 18.4. The van der Waals surface area contributed by atoms with E-state index < -0.39 is 35.4 Å². The van der Waals surface area contributed by atoms with Gasteiger partial charge in [0.1, 0.15) is 0 Å². The van der Waals surface area contributed by atoms with Gasteiger partial charge in [-0.05, 0) is 49.1 Å². The summed E-state index contributed by atoms with van der Waals surface area (Å²) < 4.78 is 27.7. The Morgan fingerprint density at radius 3 is 2.13 bits per heavy atom. The second-order valence-electron chi connectivity index (χ2n) is 9.20. The normalized spacial score (nSPS) is 20.1. The Morgan fingerprint density at radius 1 is 0.974 bits per heavy atom. The fourth-order valence-electron chi connectivity index (χ4n) is 5.12. The van der Waals surface area contributed by atoms with Crippen LogP contribution in [0.3, 0.4) is 0 Å². The first kappa shape index (κ1) is 29.4. The second kappa shape index (κ2) is 13.6. The van der Waals surface area contributed by atoms with Crippen molar-refractivity contribution in [1.29, 1.82) is 0 Å². The van der Waals surface area contributed by atoms with Crippen LogP contribution in [0.25, 0.3) is 0 Å².